The van der Waals surface area contributed by atoms with E-state index < -0.39 is 0 Å². The monoisotopic (exact) mass is 481 g/mol. The number of benzene rings is 2. The van der Waals surface area contributed by atoms with Gasteiger partial charge < -0.3 is 9.47 Å². The van der Waals surface area contributed by atoms with Gasteiger partial charge in [0, 0.05) is 73.4 Å². The van der Waals surface area contributed by atoms with Crippen LogP contribution in [0, 0.1) is 19.7 Å². The van der Waals surface area contributed by atoms with Crippen LogP contribution in [-0.4, -0.2) is 58.9 Å². The number of carbonyl (C=O) groups is 1. The van der Waals surface area contributed by atoms with E-state index in [2.05, 4.69) is 41.5 Å². The zero-order chi connectivity index (χ0) is 24.1. The summed E-state index contributed by atoms with van der Waals surface area (Å²) in [7, 11) is 0. The number of carbonyl (C=O) groups excluding carboxylic acids is 1. The number of hydrogen-bond donors (Lipinski definition) is 0. The maximum absolute atomic E-state index is 13.1. The van der Waals surface area contributed by atoms with E-state index in [1.54, 1.807) is 6.08 Å². The van der Waals surface area contributed by atoms with Gasteiger partial charge >= 0.3 is 0 Å². The molecular weight excluding hydrogens is 449 g/mol. The minimum Gasteiger partial charge on any atom is -0.344 e. The minimum absolute atomic E-state index is 0.0619. The zero-order valence-electron chi connectivity index (χ0n) is 20.1. The van der Waals surface area contributed by atoms with Crippen LogP contribution in [-0.2, 0) is 17.8 Å². The summed E-state index contributed by atoms with van der Waals surface area (Å²) in [6.45, 7) is 9.17. The first kappa shape index (κ1) is 24.5. The molecule has 1 aromatic heterocycles. The summed E-state index contributed by atoms with van der Waals surface area (Å²) in [5, 5.41) is 1.18. The van der Waals surface area contributed by atoms with E-state index in [-0.39, 0.29) is 11.7 Å². The SMILES string of the molecule is Cc1ccc2c(c1)c(/C=C/C(=O)N1CCN(CCc3ccc(F)cc3)CC1)c(C)n2CCCCl. The number of aryl methyl sites for hydroxylation is 2. The van der Waals surface area contributed by atoms with E-state index in [4.69, 9.17) is 11.6 Å². The second-order valence-corrected chi connectivity index (χ2v) is 9.47. The molecule has 1 aliphatic rings. The third kappa shape index (κ3) is 5.70. The molecule has 3 aromatic rings. The molecule has 34 heavy (non-hydrogen) atoms. The lowest BCUT2D eigenvalue weighted by Crippen LogP contribution is -2.48. The molecule has 4 rings (SSSR count). The van der Waals surface area contributed by atoms with Crippen molar-refractivity contribution in [1.29, 1.82) is 0 Å². The third-order valence-electron chi connectivity index (χ3n) is 6.75. The van der Waals surface area contributed by atoms with Crippen molar-refractivity contribution in [3.05, 3.63) is 76.7 Å². The van der Waals surface area contributed by atoms with Crippen molar-refractivity contribution in [2.75, 3.05) is 38.6 Å². The van der Waals surface area contributed by atoms with Crippen molar-refractivity contribution in [3.8, 4) is 0 Å². The van der Waals surface area contributed by atoms with Crippen LogP contribution in [0.1, 0.15) is 28.8 Å². The van der Waals surface area contributed by atoms with Crippen LogP contribution < -0.4 is 0 Å². The number of hydrogen-bond acceptors (Lipinski definition) is 2. The summed E-state index contributed by atoms with van der Waals surface area (Å²) in [5.41, 5.74) is 5.81. The Kier molecular flexibility index (Phi) is 8.07. The fraction of sp³-hybridized carbons (Fsp3) is 0.393. The Labute approximate surface area is 206 Å². The molecule has 1 saturated heterocycles. The summed E-state index contributed by atoms with van der Waals surface area (Å²) >= 11 is 5.95. The topological polar surface area (TPSA) is 28.5 Å². The van der Waals surface area contributed by atoms with Gasteiger partial charge in [0.2, 0.25) is 5.91 Å². The smallest absolute Gasteiger partial charge is 0.246 e. The molecule has 1 aliphatic heterocycles. The van der Waals surface area contributed by atoms with E-state index >= 15 is 0 Å². The molecule has 0 unspecified atom stereocenters. The maximum atomic E-state index is 13.1. The largest absolute Gasteiger partial charge is 0.344 e. The van der Waals surface area contributed by atoms with Crippen LogP contribution in [0.2, 0.25) is 0 Å². The van der Waals surface area contributed by atoms with Gasteiger partial charge in [0.25, 0.3) is 0 Å². The first-order chi connectivity index (χ1) is 16.5. The molecule has 0 spiro atoms. The van der Waals surface area contributed by atoms with Crippen LogP contribution in [0.15, 0.2) is 48.5 Å². The van der Waals surface area contributed by atoms with Gasteiger partial charge in [-0.3, -0.25) is 9.69 Å². The van der Waals surface area contributed by atoms with Crippen molar-refractivity contribution in [3.63, 3.8) is 0 Å². The van der Waals surface area contributed by atoms with Crippen molar-refractivity contribution in [2.24, 2.45) is 0 Å². The summed E-state index contributed by atoms with van der Waals surface area (Å²) in [6.07, 6.45) is 5.51. The maximum Gasteiger partial charge on any atom is 0.246 e. The van der Waals surface area contributed by atoms with Crippen LogP contribution in [0.25, 0.3) is 17.0 Å². The lowest BCUT2D eigenvalue weighted by atomic mass is 10.1. The standard InChI is InChI=1S/C28H33ClFN3O/c1-21-4-10-27-26(20-21)25(22(2)33(27)14-3-13-29)9-11-28(34)32-18-16-31(17-19-32)15-12-23-5-7-24(30)8-6-23/h4-11,20H,3,12-19H2,1-2H3/b11-9+. The van der Waals surface area contributed by atoms with E-state index in [0.29, 0.717) is 5.88 Å². The number of amides is 1. The number of halogens is 2. The number of piperazine rings is 1. The number of alkyl halides is 1. The van der Waals surface area contributed by atoms with Gasteiger partial charge in [-0.05, 0) is 62.6 Å². The molecule has 2 aromatic carbocycles. The summed E-state index contributed by atoms with van der Waals surface area (Å²) in [5.74, 6) is 0.491. The Bertz CT molecular complexity index is 1160. The van der Waals surface area contributed by atoms with E-state index in [1.807, 2.05) is 23.1 Å². The van der Waals surface area contributed by atoms with Gasteiger partial charge in [0.1, 0.15) is 5.82 Å². The first-order valence-corrected chi connectivity index (χ1v) is 12.6. The van der Waals surface area contributed by atoms with Gasteiger partial charge in [-0.2, -0.15) is 0 Å². The highest BCUT2D eigenvalue weighted by Crippen LogP contribution is 2.28. The van der Waals surface area contributed by atoms with Crippen LogP contribution >= 0.6 is 11.6 Å². The fourth-order valence-electron chi connectivity index (χ4n) is 4.73. The zero-order valence-corrected chi connectivity index (χ0v) is 20.8. The van der Waals surface area contributed by atoms with Gasteiger partial charge in [-0.1, -0.05) is 23.8 Å². The fourth-order valence-corrected chi connectivity index (χ4v) is 4.85. The van der Waals surface area contributed by atoms with Gasteiger partial charge in [0.05, 0.1) is 0 Å². The van der Waals surface area contributed by atoms with E-state index in [0.717, 1.165) is 63.2 Å². The molecular formula is C28H33ClFN3O. The molecule has 0 atom stereocenters. The summed E-state index contributed by atoms with van der Waals surface area (Å²) < 4.78 is 15.4. The molecule has 4 nitrogen and oxygen atoms in total. The quantitative estimate of drug-likeness (QED) is 0.317. The Morgan fingerprint density at radius 1 is 1.03 bits per heavy atom. The highest BCUT2D eigenvalue weighted by Gasteiger charge is 2.20. The van der Waals surface area contributed by atoms with Crippen molar-refractivity contribution in [1.82, 2.24) is 14.4 Å². The average molecular weight is 482 g/mol. The molecule has 0 radical (unpaired) electrons. The number of aromatic nitrogens is 1. The molecule has 0 N–H and O–H groups in total. The van der Waals surface area contributed by atoms with E-state index in [9.17, 15) is 9.18 Å². The second-order valence-electron chi connectivity index (χ2n) is 9.09. The van der Waals surface area contributed by atoms with Crippen molar-refractivity contribution in [2.45, 2.75) is 33.2 Å². The lowest BCUT2D eigenvalue weighted by molar-refractivity contribution is -0.127. The van der Waals surface area contributed by atoms with Crippen LogP contribution in [0.4, 0.5) is 4.39 Å². The van der Waals surface area contributed by atoms with Gasteiger partial charge in [-0.25, -0.2) is 4.39 Å². The number of nitrogens with zero attached hydrogens (tertiary/aromatic N) is 3. The first-order valence-electron chi connectivity index (χ1n) is 12.1. The molecule has 0 aliphatic carbocycles. The molecule has 6 heteroatoms. The summed E-state index contributed by atoms with van der Waals surface area (Å²) in [4.78, 5) is 17.2. The number of rotatable bonds is 8. The highest BCUT2D eigenvalue weighted by molar-refractivity contribution is 6.17. The van der Waals surface area contributed by atoms with Crippen molar-refractivity contribution < 1.29 is 9.18 Å². The van der Waals surface area contributed by atoms with Gasteiger partial charge in [0.15, 0.2) is 0 Å². The number of fused-ring (bicyclic) bond motifs is 1. The highest BCUT2D eigenvalue weighted by atomic mass is 35.5. The molecule has 2 heterocycles. The normalized spacial score (nSPS) is 15.0. The predicted molar refractivity (Wildman–Crippen MR) is 139 cm³/mol. The molecule has 0 saturated carbocycles. The Hall–Kier alpha value is -2.63. The summed E-state index contributed by atoms with van der Waals surface area (Å²) in [6, 6.07) is 13.2. The van der Waals surface area contributed by atoms with Crippen molar-refractivity contribution >= 4 is 34.5 Å². The Morgan fingerprint density at radius 3 is 2.47 bits per heavy atom. The molecule has 0 bridgehead atoms. The van der Waals surface area contributed by atoms with Crippen LogP contribution in [0.3, 0.4) is 0 Å². The Balaban J connectivity index is 1.38. The Morgan fingerprint density at radius 2 is 1.76 bits per heavy atom. The average Bonchev–Trinajstić information content (AvgIpc) is 3.10. The van der Waals surface area contributed by atoms with E-state index in [1.165, 1.54) is 34.3 Å². The minimum atomic E-state index is -0.200. The van der Waals surface area contributed by atoms with Gasteiger partial charge in [-0.15, -0.1) is 11.6 Å². The lowest BCUT2D eigenvalue weighted by Gasteiger charge is -2.34. The second kappa shape index (κ2) is 11.2. The molecule has 180 valence electrons. The third-order valence-corrected chi connectivity index (χ3v) is 7.02. The molecule has 1 amide bonds. The van der Waals surface area contributed by atoms with Crippen LogP contribution in [0.5, 0.6) is 0 Å². The molecule has 1 fully saturated rings. The predicted octanol–water partition coefficient (Wildman–Crippen LogP) is 5.43.